The lowest BCUT2D eigenvalue weighted by Gasteiger charge is -2.29. The van der Waals surface area contributed by atoms with Crippen LogP contribution >= 0.6 is 0 Å². The molecule has 4 rings (SSSR count). The minimum atomic E-state index is -0.336. The van der Waals surface area contributed by atoms with Gasteiger partial charge in [-0.05, 0) is 17.7 Å². The Balaban J connectivity index is 1.60. The van der Waals surface area contributed by atoms with Gasteiger partial charge in [0.1, 0.15) is 5.82 Å². The van der Waals surface area contributed by atoms with Gasteiger partial charge in [-0.2, -0.15) is 0 Å². The highest BCUT2D eigenvalue weighted by atomic mass is 19.1. The summed E-state index contributed by atoms with van der Waals surface area (Å²) >= 11 is 0. The topological polar surface area (TPSA) is 91.6 Å². The highest BCUT2D eigenvalue weighted by Gasteiger charge is 2.50. The molecule has 1 aromatic heterocycles. The van der Waals surface area contributed by atoms with Gasteiger partial charge in [0.05, 0.1) is 12.6 Å². The summed E-state index contributed by atoms with van der Waals surface area (Å²) in [6, 6.07) is 6.57. The van der Waals surface area contributed by atoms with Crippen molar-refractivity contribution in [3.63, 3.8) is 0 Å². The molecule has 0 aliphatic carbocycles. The smallest absolute Gasteiger partial charge is 0.318 e. The molecule has 2 aliphatic heterocycles. The first kappa shape index (κ1) is 18.4. The molecule has 0 radical (unpaired) electrons. The fourth-order valence-electron chi connectivity index (χ4n) is 4.29. The van der Waals surface area contributed by atoms with Gasteiger partial charge in [0, 0.05) is 45.3 Å². The zero-order valence-corrected chi connectivity index (χ0v) is 15.8. The van der Waals surface area contributed by atoms with E-state index in [1.54, 1.807) is 17.9 Å². The highest BCUT2D eigenvalue weighted by molar-refractivity contribution is 5.84. The Morgan fingerprint density at radius 1 is 1.29 bits per heavy atom. The van der Waals surface area contributed by atoms with Crippen LogP contribution in [0.4, 0.5) is 10.4 Å². The van der Waals surface area contributed by atoms with Crippen LogP contribution in [-0.2, 0) is 9.59 Å². The number of hydrogen-bond donors (Lipinski definition) is 1. The molecule has 2 aliphatic rings. The molecule has 3 heterocycles. The third-order valence-corrected chi connectivity index (χ3v) is 5.45. The number of halogens is 1. The van der Waals surface area contributed by atoms with Crippen molar-refractivity contribution in [2.75, 3.05) is 31.1 Å². The summed E-state index contributed by atoms with van der Waals surface area (Å²) in [5.41, 5.74) is 0.757. The van der Waals surface area contributed by atoms with Gasteiger partial charge in [-0.1, -0.05) is 17.2 Å². The predicted octanol–water partition coefficient (Wildman–Crippen LogP) is 1.29. The van der Waals surface area contributed by atoms with E-state index in [-0.39, 0.29) is 42.1 Å². The number of amides is 2. The lowest BCUT2D eigenvalue weighted by Crippen LogP contribution is -2.41. The Labute approximate surface area is 161 Å². The molecule has 0 spiro atoms. The third kappa shape index (κ3) is 3.44. The molecule has 0 saturated carbocycles. The van der Waals surface area contributed by atoms with Crippen molar-refractivity contribution in [1.29, 1.82) is 0 Å². The average Bonchev–Trinajstić information content (AvgIpc) is 3.33. The van der Waals surface area contributed by atoms with E-state index in [0.717, 1.165) is 5.56 Å². The number of rotatable bonds is 4. The van der Waals surface area contributed by atoms with E-state index in [2.05, 4.69) is 15.5 Å². The van der Waals surface area contributed by atoms with E-state index >= 15 is 0 Å². The van der Waals surface area contributed by atoms with E-state index in [0.29, 0.717) is 31.5 Å². The maximum atomic E-state index is 13.9. The Hall–Kier alpha value is -2.97. The second kappa shape index (κ2) is 7.21. The van der Waals surface area contributed by atoms with Crippen molar-refractivity contribution in [1.82, 2.24) is 20.4 Å². The number of hydrogen-bond acceptors (Lipinski definition) is 6. The summed E-state index contributed by atoms with van der Waals surface area (Å²) in [5.74, 6) is 0.0440. The molecular weight excluding hydrogens is 365 g/mol. The van der Waals surface area contributed by atoms with Crippen LogP contribution in [0.15, 0.2) is 28.7 Å². The van der Waals surface area contributed by atoms with Gasteiger partial charge >= 0.3 is 6.01 Å². The van der Waals surface area contributed by atoms with Crippen molar-refractivity contribution in [2.24, 2.45) is 11.8 Å². The Morgan fingerprint density at radius 3 is 2.79 bits per heavy atom. The molecule has 148 valence electrons. The molecule has 2 aromatic rings. The van der Waals surface area contributed by atoms with Crippen molar-refractivity contribution >= 4 is 17.8 Å². The molecular formula is C19H22FN5O3. The fraction of sp³-hybridized carbons (Fsp3) is 0.474. The summed E-state index contributed by atoms with van der Waals surface area (Å²) in [6.45, 7) is 4.91. The van der Waals surface area contributed by atoms with Gasteiger partial charge in [0.15, 0.2) is 0 Å². The summed E-state index contributed by atoms with van der Waals surface area (Å²) in [7, 11) is 0. The van der Waals surface area contributed by atoms with Gasteiger partial charge in [-0.15, -0.1) is 5.10 Å². The Kier molecular flexibility index (Phi) is 4.74. The van der Waals surface area contributed by atoms with Gasteiger partial charge in [-0.25, -0.2) is 4.39 Å². The Bertz CT molecular complexity index is 901. The molecule has 9 heteroatoms. The van der Waals surface area contributed by atoms with Gasteiger partial charge in [0.25, 0.3) is 0 Å². The number of anilines is 1. The molecule has 0 bridgehead atoms. The highest BCUT2D eigenvalue weighted by Crippen LogP contribution is 2.45. The normalized spacial score (nSPS) is 23.8. The molecule has 28 heavy (non-hydrogen) atoms. The quantitative estimate of drug-likeness (QED) is 0.850. The number of nitrogens with zero attached hydrogens (tertiary/aromatic N) is 4. The zero-order chi connectivity index (χ0) is 19.8. The molecule has 2 saturated heterocycles. The molecule has 1 N–H and O–H groups in total. The number of aromatic nitrogens is 2. The number of likely N-dealkylation sites (tertiary alicyclic amines) is 1. The zero-order valence-electron chi connectivity index (χ0n) is 15.8. The minimum absolute atomic E-state index is 0.0623. The summed E-state index contributed by atoms with van der Waals surface area (Å²) in [5, 5.41) is 10.5. The molecule has 3 atom stereocenters. The van der Waals surface area contributed by atoms with Crippen LogP contribution in [-0.4, -0.2) is 53.1 Å². The average molecular weight is 387 g/mol. The number of carbonyl (C=O) groups excluding carboxylic acids is 2. The monoisotopic (exact) mass is 387 g/mol. The van der Waals surface area contributed by atoms with Crippen LogP contribution < -0.4 is 10.2 Å². The van der Waals surface area contributed by atoms with Crippen LogP contribution in [0, 0.1) is 24.6 Å². The van der Waals surface area contributed by atoms with Crippen LogP contribution in [0.5, 0.6) is 0 Å². The van der Waals surface area contributed by atoms with Crippen LogP contribution in [0.2, 0.25) is 0 Å². The van der Waals surface area contributed by atoms with Crippen LogP contribution in [0.25, 0.3) is 0 Å². The maximum Gasteiger partial charge on any atom is 0.318 e. The van der Waals surface area contributed by atoms with E-state index in [1.807, 2.05) is 11.0 Å². The number of benzene rings is 1. The molecule has 1 aromatic carbocycles. The first-order chi connectivity index (χ1) is 13.4. The van der Waals surface area contributed by atoms with Gasteiger partial charge in [-0.3, -0.25) is 9.59 Å². The largest absolute Gasteiger partial charge is 0.408 e. The number of aryl methyl sites for hydroxylation is 1. The summed E-state index contributed by atoms with van der Waals surface area (Å²) in [4.78, 5) is 27.7. The fourth-order valence-corrected chi connectivity index (χ4v) is 4.29. The van der Waals surface area contributed by atoms with E-state index in [9.17, 15) is 14.0 Å². The predicted molar refractivity (Wildman–Crippen MR) is 97.8 cm³/mol. The van der Waals surface area contributed by atoms with Crippen molar-refractivity contribution in [3.05, 3.63) is 41.5 Å². The Morgan fingerprint density at radius 2 is 2.11 bits per heavy atom. The number of nitrogens with one attached hydrogen (secondary N) is 1. The lowest BCUT2D eigenvalue weighted by atomic mass is 9.89. The second-order valence-electron chi connectivity index (χ2n) is 7.39. The standard InChI is InChI=1S/C19H22FN5O3/c1-11(26)21-7-17(27)25-9-14-8-24(19-23-22-12(2)28-19)10-16(14)18(25)13-4-3-5-15(20)6-13/h3-6,14,16,18H,7-10H2,1-2H3,(H,21,26)/t14-,16-,18+/m0/s1. The van der Waals surface area contributed by atoms with E-state index < -0.39 is 0 Å². The molecule has 0 unspecified atom stereocenters. The van der Waals surface area contributed by atoms with Crippen LogP contribution in [0.1, 0.15) is 24.4 Å². The maximum absolute atomic E-state index is 13.9. The lowest BCUT2D eigenvalue weighted by molar-refractivity contribution is -0.133. The SMILES string of the molecule is CC(=O)NCC(=O)N1C[C@@H]2CN(c3nnc(C)o3)C[C@@H]2[C@H]1c1cccc(F)c1. The van der Waals surface area contributed by atoms with E-state index in [1.165, 1.54) is 19.1 Å². The van der Waals surface area contributed by atoms with Crippen LogP contribution in [0.3, 0.4) is 0 Å². The van der Waals surface area contributed by atoms with Gasteiger partial charge in [0.2, 0.25) is 17.7 Å². The second-order valence-corrected chi connectivity index (χ2v) is 7.39. The molecule has 2 fully saturated rings. The molecule has 8 nitrogen and oxygen atoms in total. The van der Waals surface area contributed by atoms with Crippen molar-refractivity contribution < 1.29 is 18.4 Å². The van der Waals surface area contributed by atoms with Gasteiger partial charge < -0.3 is 19.5 Å². The minimum Gasteiger partial charge on any atom is -0.408 e. The third-order valence-electron chi connectivity index (χ3n) is 5.45. The molecule has 2 amide bonds. The summed E-state index contributed by atoms with van der Waals surface area (Å²) < 4.78 is 19.4. The first-order valence-electron chi connectivity index (χ1n) is 9.27. The number of carbonyl (C=O) groups is 2. The van der Waals surface area contributed by atoms with E-state index in [4.69, 9.17) is 4.42 Å². The van der Waals surface area contributed by atoms with Crippen molar-refractivity contribution in [3.8, 4) is 0 Å². The first-order valence-corrected chi connectivity index (χ1v) is 9.27. The summed E-state index contributed by atoms with van der Waals surface area (Å²) in [6.07, 6.45) is 0. The van der Waals surface area contributed by atoms with Crippen molar-refractivity contribution in [2.45, 2.75) is 19.9 Å². The number of fused-ring (bicyclic) bond motifs is 1.